The first-order chi connectivity index (χ1) is 16.8. The van der Waals surface area contributed by atoms with E-state index in [1.165, 1.54) is 23.4 Å². The molecule has 0 aliphatic heterocycles. The maximum Gasteiger partial charge on any atom is 0.243 e. The van der Waals surface area contributed by atoms with Gasteiger partial charge >= 0.3 is 0 Å². The van der Waals surface area contributed by atoms with Crippen LogP contribution in [0.4, 0.5) is 0 Å². The molecule has 0 spiro atoms. The van der Waals surface area contributed by atoms with Crippen molar-refractivity contribution >= 4 is 38.7 Å². The zero-order valence-corrected chi connectivity index (χ0v) is 21.3. The molecule has 0 saturated heterocycles. The second-order valence-electron chi connectivity index (χ2n) is 7.90. The molecule has 0 bridgehead atoms. The van der Waals surface area contributed by atoms with Crippen LogP contribution in [0.2, 0.25) is 5.02 Å². The molecule has 4 aromatic rings. The van der Waals surface area contributed by atoms with Gasteiger partial charge in [-0.25, -0.2) is 13.4 Å². The molecule has 9 heteroatoms. The number of halogens is 1. The van der Waals surface area contributed by atoms with Crippen molar-refractivity contribution in [2.24, 2.45) is 0 Å². The van der Waals surface area contributed by atoms with Crippen molar-refractivity contribution in [3.05, 3.63) is 101 Å². The molecule has 4 rings (SSSR count). The zero-order chi connectivity index (χ0) is 24.8. The van der Waals surface area contributed by atoms with Gasteiger partial charge in [-0.15, -0.1) is 11.3 Å². The van der Waals surface area contributed by atoms with E-state index in [0.717, 1.165) is 21.7 Å². The fourth-order valence-electron chi connectivity index (χ4n) is 3.43. The lowest BCUT2D eigenvalue weighted by molar-refractivity contribution is -0.118. The van der Waals surface area contributed by atoms with Crippen LogP contribution in [0.1, 0.15) is 18.1 Å². The van der Waals surface area contributed by atoms with Crippen molar-refractivity contribution in [3.63, 3.8) is 0 Å². The number of sulfonamides is 1. The van der Waals surface area contributed by atoms with Gasteiger partial charge < -0.3 is 4.74 Å². The molecule has 3 aromatic carbocycles. The van der Waals surface area contributed by atoms with Gasteiger partial charge in [-0.1, -0.05) is 48.0 Å². The van der Waals surface area contributed by atoms with Crippen LogP contribution in [-0.2, 0) is 27.9 Å². The number of ether oxygens (including phenoxy) is 1. The highest BCUT2D eigenvalue weighted by molar-refractivity contribution is 7.89. The Morgan fingerprint density at radius 3 is 2.37 bits per heavy atom. The van der Waals surface area contributed by atoms with Crippen LogP contribution in [0, 0.1) is 0 Å². The van der Waals surface area contributed by atoms with Crippen molar-refractivity contribution in [2.75, 3.05) is 6.61 Å². The van der Waals surface area contributed by atoms with Gasteiger partial charge in [-0.05, 0) is 54.4 Å². The quantitative estimate of drug-likeness (QED) is 0.260. The van der Waals surface area contributed by atoms with Gasteiger partial charge in [0.05, 0.1) is 4.90 Å². The molecule has 0 radical (unpaired) electrons. The van der Waals surface area contributed by atoms with Crippen LogP contribution in [0.3, 0.4) is 0 Å². The molecule has 0 N–H and O–H groups in total. The Hall–Kier alpha value is -3.04. The molecule has 6 nitrogen and oxygen atoms in total. The number of hydrogen-bond donors (Lipinski definition) is 0. The summed E-state index contributed by atoms with van der Waals surface area (Å²) in [5, 5.41) is 3.28. The molecule has 0 fully saturated rings. The Balaban J connectivity index is 1.62. The first kappa shape index (κ1) is 25.1. The fourth-order valence-corrected chi connectivity index (χ4v) is 5.61. The molecular formula is C26H23ClN2O4S2. The predicted octanol–water partition coefficient (Wildman–Crippen LogP) is 5.82. The maximum atomic E-state index is 13.6. The molecule has 0 aliphatic carbocycles. The summed E-state index contributed by atoms with van der Waals surface area (Å²) in [4.78, 5) is 15.7. The molecule has 0 unspecified atom stereocenters. The lowest BCUT2D eigenvalue weighted by Crippen LogP contribution is -2.30. The Morgan fingerprint density at radius 1 is 1.00 bits per heavy atom. The van der Waals surface area contributed by atoms with Gasteiger partial charge in [0.2, 0.25) is 10.0 Å². The number of Topliss-reactive ketones (excluding diaryl/α,β-unsaturated/α-hetero) is 1. The SMILES string of the molecule is CC(=O)COc1cccc(CN(Cc2ccc(-c3nccs3)cc2)S(=O)(=O)c2ccc(Cl)cc2)c1. The molecule has 0 atom stereocenters. The molecule has 35 heavy (non-hydrogen) atoms. The predicted molar refractivity (Wildman–Crippen MR) is 138 cm³/mol. The number of benzene rings is 3. The number of rotatable bonds is 10. The molecule has 1 heterocycles. The van der Waals surface area contributed by atoms with Crippen molar-refractivity contribution in [1.82, 2.24) is 9.29 Å². The number of carbonyl (C=O) groups excluding carboxylic acids is 1. The fraction of sp³-hybridized carbons (Fsp3) is 0.154. The zero-order valence-electron chi connectivity index (χ0n) is 18.9. The van der Waals surface area contributed by atoms with Gasteiger partial charge in [0.1, 0.15) is 17.4 Å². The van der Waals surface area contributed by atoms with E-state index in [2.05, 4.69) is 4.98 Å². The second kappa shape index (κ2) is 11.1. The number of ketones is 1. The van der Waals surface area contributed by atoms with Crippen molar-refractivity contribution < 1.29 is 17.9 Å². The topological polar surface area (TPSA) is 76.6 Å². The Labute approximate surface area is 213 Å². The molecular weight excluding hydrogens is 504 g/mol. The molecule has 0 amide bonds. The second-order valence-corrected chi connectivity index (χ2v) is 11.2. The van der Waals surface area contributed by atoms with E-state index in [1.54, 1.807) is 47.9 Å². The van der Waals surface area contributed by atoms with E-state index in [9.17, 15) is 13.2 Å². The van der Waals surface area contributed by atoms with Crippen molar-refractivity contribution in [1.29, 1.82) is 0 Å². The lowest BCUT2D eigenvalue weighted by atomic mass is 10.1. The van der Waals surface area contributed by atoms with E-state index in [-0.39, 0.29) is 30.4 Å². The first-order valence-corrected chi connectivity index (χ1v) is 13.5. The molecule has 1 aromatic heterocycles. The minimum atomic E-state index is -3.84. The van der Waals surface area contributed by atoms with Gasteiger partial charge in [0, 0.05) is 35.3 Å². The average molecular weight is 527 g/mol. The van der Waals surface area contributed by atoms with Crippen LogP contribution >= 0.6 is 22.9 Å². The summed E-state index contributed by atoms with van der Waals surface area (Å²) >= 11 is 7.52. The normalized spacial score (nSPS) is 11.5. The first-order valence-electron chi connectivity index (χ1n) is 10.8. The van der Waals surface area contributed by atoms with E-state index in [1.807, 2.05) is 35.7 Å². The number of hydrogen-bond acceptors (Lipinski definition) is 6. The van der Waals surface area contributed by atoms with Crippen LogP contribution in [-0.4, -0.2) is 30.1 Å². The minimum absolute atomic E-state index is 0.0400. The highest BCUT2D eigenvalue weighted by Crippen LogP contribution is 2.26. The average Bonchev–Trinajstić information content (AvgIpc) is 3.38. The van der Waals surface area contributed by atoms with Crippen LogP contribution < -0.4 is 4.74 Å². The maximum absolute atomic E-state index is 13.6. The van der Waals surface area contributed by atoms with Crippen molar-refractivity contribution in [2.45, 2.75) is 24.9 Å². The number of aromatic nitrogens is 1. The smallest absolute Gasteiger partial charge is 0.243 e. The summed E-state index contributed by atoms with van der Waals surface area (Å²) in [6.07, 6.45) is 1.75. The van der Waals surface area contributed by atoms with Crippen LogP contribution in [0.15, 0.2) is 89.3 Å². The third-order valence-corrected chi connectivity index (χ3v) is 8.02. The Morgan fingerprint density at radius 2 is 1.71 bits per heavy atom. The number of thiazole rings is 1. The van der Waals surface area contributed by atoms with Gasteiger partial charge in [0.15, 0.2) is 5.78 Å². The number of nitrogens with zero attached hydrogens (tertiary/aromatic N) is 2. The Kier molecular flexibility index (Phi) is 7.97. The molecule has 0 saturated carbocycles. The van der Waals surface area contributed by atoms with E-state index < -0.39 is 10.0 Å². The van der Waals surface area contributed by atoms with Crippen molar-refractivity contribution in [3.8, 4) is 16.3 Å². The largest absolute Gasteiger partial charge is 0.486 e. The Bertz CT molecular complexity index is 1390. The molecule has 0 aliphatic rings. The summed E-state index contributed by atoms with van der Waals surface area (Å²) in [6.45, 7) is 1.70. The molecule has 180 valence electrons. The highest BCUT2D eigenvalue weighted by atomic mass is 35.5. The van der Waals surface area contributed by atoms with E-state index >= 15 is 0 Å². The monoisotopic (exact) mass is 526 g/mol. The summed E-state index contributed by atoms with van der Waals surface area (Å²) in [7, 11) is -3.84. The minimum Gasteiger partial charge on any atom is -0.486 e. The van der Waals surface area contributed by atoms with Gasteiger partial charge in [0.25, 0.3) is 0 Å². The van der Waals surface area contributed by atoms with E-state index in [0.29, 0.717) is 10.8 Å². The summed E-state index contributed by atoms with van der Waals surface area (Å²) in [5.41, 5.74) is 2.56. The van der Waals surface area contributed by atoms with Crippen LogP contribution in [0.5, 0.6) is 5.75 Å². The third-order valence-electron chi connectivity index (χ3n) is 5.14. The third kappa shape index (κ3) is 6.55. The van der Waals surface area contributed by atoms with Gasteiger partial charge in [-0.2, -0.15) is 4.31 Å². The summed E-state index contributed by atoms with van der Waals surface area (Å²) in [5.74, 6) is 0.415. The van der Waals surface area contributed by atoms with E-state index in [4.69, 9.17) is 16.3 Å². The highest BCUT2D eigenvalue weighted by Gasteiger charge is 2.25. The standard InChI is InChI=1S/C26H23ClN2O4S2/c1-19(30)18-33-24-4-2-3-21(15-24)17-29(35(31,32)25-11-9-23(27)10-12-25)16-20-5-7-22(8-6-20)26-28-13-14-34-26/h2-15H,16-18H2,1H3. The summed E-state index contributed by atoms with van der Waals surface area (Å²) < 4.78 is 34.1. The van der Waals surface area contributed by atoms with Gasteiger partial charge in [-0.3, -0.25) is 4.79 Å². The summed E-state index contributed by atoms with van der Waals surface area (Å²) in [6, 6.07) is 20.9. The van der Waals surface area contributed by atoms with Crippen LogP contribution in [0.25, 0.3) is 10.6 Å². The number of carbonyl (C=O) groups is 1. The lowest BCUT2D eigenvalue weighted by Gasteiger charge is -2.23.